The van der Waals surface area contributed by atoms with E-state index >= 15 is 0 Å². The van der Waals surface area contributed by atoms with Gasteiger partial charge in [0, 0.05) is 24.5 Å². The van der Waals surface area contributed by atoms with Crippen molar-refractivity contribution in [3.8, 4) is 22.8 Å². The summed E-state index contributed by atoms with van der Waals surface area (Å²) in [5, 5.41) is 6.86. The summed E-state index contributed by atoms with van der Waals surface area (Å²) in [5.41, 5.74) is 7.53. The first kappa shape index (κ1) is 11.6. The number of nitrogens with two attached hydrogens (primary N) is 1. The summed E-state index contributed by atoms with van der Waals surface area (Å²) in [7, 11) is 0. The number of nitrogen functional groups attached to an aromatic ring is 1. The summed E-state index contributed by atoms with van der Waals surface area (Å²) in [6.07, 6.45) is 5.53. The molecule has 2 heterocycles. The van der Waals surface area contributed by atoms with Gasteiger partial charge in [-0.05, 0) is 31.0 Å². The Hall–Kier alpha value is -2.17. The van der Waals surface area contributed by atoms with E-state index in [1.54, 1.807) is 0 Å². The first-order valence-corrected chi connectivity index (χ1v) is 7.07. The summed E-state index contributed by atoms with van der Waals surface area (Å²) in [4.78, 5) is 0. The predicted molar refractivity (Wildman–Crippen MR) is 75.5 cm³/mol. The quantitative estimate of drug-likeness (QED) is 0.836. The monoisotopic (exact) mass is 271 g/mol. The second-order valence-corrected chi connectivity index (χ2v) is 5.54. The molecule has 4 rings (SSSR count). The zero-order valence-corrected chi connectivity index (χ0v) is 11.2. The fourth-order valence-corrected chi connectivity index (χ4v) is 3.04. The van der Waals surface area contributed by atoms with E-state index in [4.69, 9.17) is 15.2 Å². The van der Waals surface area contributed by atoms with Crippen LogP contribution in [0.15, 0.2) is 24.3 Å². The standard InChI is InChI=1S/C15H17N3O2/c16-14-9-11(17-18-14)10-4-5-12-13(8-10)20-15(19-12)6-2-1-3-7-15/h4-5,8-9H,1-3,6-7H2,(H3,16,17,18). The highest BCUT2D eigenvalue weighted by Gasteiger charge is 2.42. The van der Waals surface area contributed by atoms with Gasteiger partial charge in [0.05, 0.1) is 5.69 Å². The fourth-order valence-electron chi connectivity index (χ4n) is 3.04. The summed E-state index contributed by atoms with van der Waals surface area (Å²) < 4.78 is 12.2. The van der Waals surface area contributed by atoms with E-state index < -0.39 is 5.79 Å². The maximum Gasteiger partial charge on any atom is 0.251 e. The molecule has 1 fully saturated rings. The lowest BCUT2D eigenvalue weighted by Gasteiger charge is -2.31. The average molecular weight is 271 g/mol. The van der Waals surface area contributed by atoms with E-state index in [1.165, 1.54) is 6.42 Å². The average Bonchev–Trinajstić information content (AvgIpc) is 3.02. The first-order valence-electron chi connectivity index (χ1n) is 7.07. The zero-order valence-electron chi connectivity index (χ0n) is 11.2. The van der Waals surface area contributed by atoms with Crippen LogP contribution in [0.25, 0.3) is 11.3 Å². The van der Waals surface area contributed by atoms with Crippen molar-refractivity contribution in [2.45, 2.75) is 37.9 Å². The number of H-pyrrole nitrogens is 1. The lowest BCUT2D eigenvalue weighted by atomic mass is 9.94. The van der Waals surface area contributed by atoms with E-state index in [2.05, 4.69) is 10.2 Å². The van der Waals surface area contributed by atoms with Crippen molar-refractivity contribution in [2.24, 2.45) is 0 Å². The van der Waals surface area contributed by atoms with Crippen molar-refractivity contribution in [3.63, 3.8) is 0 Å². The Morgan fingerprint density at radius 1 is 1.05 bits per heavy atom. The van der Waals surface area contributed by atoms with Crippen LogP contribution in [0.3, 0.4) is 0 Å². The SMILES string of the molecule is Nc1cc(-c2ccc3c(c2)OC2(CCCCC2)O3)[nH]n1. The van der Waals surface area contributed by atoms with Crippen molar-refractivity contribution in [3.05, 3.63) is 24.3 Å². The van der Waals surface area contributed by atoms with Gasteiger partial charge in [0.25, 0.3) is 5.79 Å². The Morgan fingerprint density at radius 2 is 1.85 bits per heavy atom. The summed E-state index contributed by atoms with van der Waals surface area (Å²) in [6.45, 7) is 0. The molecule has 0 bridgehead atoms. The molecule has 1 aliphatic heterocycles. The number of nitrogens with zero attached hydrogens (tertiary/aromatic N) is 1. The van der Waals surface area contributed by atoms with Crippen LogP contribution >= 0.6 is 0 Å². The smallest absolute Gasteiger partial charge is 0.251 e. The molecule has 5 heteroatoms. The number of hydrogen-bond donors (Lipinski definition) is 2. The summed E-state index contributed by atoms with van der Waals surface area (Å²) >= 11 is 0. The van der Waals surface area contributed by atoms with Gasteiger partial charge in [-0.2, -0.15) is 5.10 Å². The van der Waals surface area contributed by atoms with E-state index in [0.717, 1.165) is 48.4 Å². The lowest BCUT2D eigenvalue weighted by Crippen LogP contribution is -2.40. The minimum absolute atomic E-state index is 0.424. The van der Waals surface area contributed by atoms with Crippen LogP contribution < -0.4 is 15.2 Å². The van der Waals surface area contributed by atoms with Gasteiger partial charge in [0.2, 0.25) is 0 Å². The number of aromatic amines is 1. The second-order valence-electron chi connectivity index (χ2n) is 5.54. The van der Waals surface area contributed by atoms with Crippen molar-refractivity contribution < 1.29 is 9.47 Å². The van der Waals surface area contributed by atoms with Crippen LogP contribution in [0.2, 0.25) is 0 Å². The van der Waals surface area contributed by atoms with Crippen LogP contribution in [0, 0.1) is 0 Å². The molecule has 2 aromatic rings. The maximum absolute atomic E-state index is 6.12. The highest BCUT2D eigenvalue weighted by Crippen LogP contribution is 2.46. The van der Waals surface area contributed by atoms with Gasteiger partial charge in [-0.25, -0.2) is 0 Å². The van der Waals surface area contributed by atoms with Gasteiger partial charge in [0.15, 0.2) is 11.5 Å². The van der Waals surface area contributed by atoms with Gasteiger partial charge in [-0.1, -0.05) is 6.42 Å². The number of rotatable bonds is 1. The molecular weight excluding hydrogens is 254 g/mol. The molecule has 1 saturated carbocycles. The number of aromatic nitrogens is 2. The van der Waals surface area contributed by atoms with Crippen molar-refractivity contribution in [2.75, 3.05) is 5.73 Å². The Labute approximate surface area is 117 Å². The molecule has 1 spiro atoms. The van der Waals surface area contributed by atoms with Crippen molar-refractivity contribution in [1.29, 1.82) is 0 Å². The van der Waals surface area contributed by atoms with Gasteiger partial charge in [-0.15, -0.1) is 0 Å². The van der Waals surface area contributed by atoms with Crippen LogP contribution in [0.4, 0.5) is 5.82 Å². The third-order valence-electron chi connectivity index (χ3n) is 4.06. The Kier molecular flexibility index (Phi) is 2.42. The van der Waals surface area contributed by atoms with E-state index in [-0.39, 0.29) is 0 Å². The van der Waals surface area contributed by atoms with Crippen LogP contribution in [0.1, 0.15) is 32.1 Å². The predicted octanol–water partition coefficient (Wildman–Crippen LogP) is 3.09. The van der Waals surface area contributed by atoms with Crippen molar-refractivity contribution >= 4 is 5.82 Å². The molecule has 2 aliphatic rings. The van der Waals surface area contributed by atoms with Gasteiger partial charge in [0.1, 0.15) is 5.82 Å². The highest BCUT2D eigenvalue weighted by atomic mass is 16.7. The summed E-state index contributed by atoms with van der Waals surface area (Å²) in [5.74, 6) is 1.72. The van der Waals surface area contributed by atoms with E-state index in [0.29, 0.717) is 5.82 Å². The number of anilines is 1. The molecule has 20 heavy (non-hydrogen) atoms. The third kappa shape index (κ3) is 1.81. The summed E-state index contributed by atoms with van der Waals surface area (Å²) in [6, 6.07) is 7.77. The molecule has 5 nitrogen and oxygen atoms in total. The number of ether oxygens (including phenoxy) is 2. The Bertz CT molecular complexity index is 644. The number of nitrogens with one attached hydrogen (secondary N) is 1. The molecule has 104 valence electrons. The molecule has 0 radical (unpaired) electrons. The van der Waals surface area contributed by atoms with Gasteiger partial charge < -0.3 is 15.2 Å². The molecule has 0 atom stereocenters. The van der Waals surface area contributed by atoms with Crippen LogP contribution in [-0.4, -0.2) is 16.0 Å². The molecule has 1 aliphatic carbocycles. The zero-order chi connectivity index (χ0) is 13.6. The molecule has 0 amide bonds. The fraction of sp³-hybridized carbons (Fsp3) is 0.400. The van der Waals surface area contributed by atoms with Gasteiger partial charge >= 0.3 is 0 Å². The third-order valence-corrected chi connectivity index (χ3v) is 4.06. The van der Waals surface area contributed by atoms with Crippen LogP contribution in [-0.2, 0) is 0 Å². The number of hydrogen-bond acceptors (Lipinski definition) is 4. The highest BCUT2D eigenvalue weighted by molar-refractivity contribution is 5.66. The molecule has 0 unspecified atom stereocenters. The molecule has 1 aromatic heterocycles. The minimum Gasteiger partial charge on any atom is -0.448 e. The van der Waals surface area contributed by atoms with E-state index in [9.17, 15) is 0 Å². The maximum atomic E-state index is 6.12. The van der Waals surface area contributed by atoms with E-state index in [1.807, 2.05) is 24.3 Å². The molecule has 1 aromatic carbocycles. The Balaban J connectivity index is 1.66. The molecule has 3 N–H and O–H groups in total. The lowest BCUT2D eigenvalue weighted by molar-refractivity contribution is -0.105. The van der Waals surface area contributed by atoms with Gasteiger partial charge in [-0.3, -0.25) is 5.10 Å². The molecular formula is C15H17N3O2. The molecule has 0 saturated heterocycles. The second kappa shape index (κ2) is 4.16. The minimum atomic E-state index is -0.424. The van der Waals surface area contributed by atoms with Crippen molar-refractivity contribution in [1.82, 2.24) is 10.2 Å². The number of benzene rings is 1. The Morgan fingerprint density at radius 3 is 2.60 bits per heavy atom. The normalized spacial score (nSPS) is 19.4. The topological polar surface area (TPSA) is 73.2 Å². The largest absolute Gasteiger partial charge is 0.448 e. The first-order chi connectivity index (χ1) is 9.74. The number of fused-ring (bicyclic) bond motifs is 1. The van der Waals surface area contributed by atoms with Crippen LogP contribution in [0.5, 0.6) is 11.5 Å².